The Morgan fingerprint density at radius 3 is 2.19 bits per heavy atom. The largest absolute Gasteiger partial charge is 0.390 e. The fraction of sp³-hybridized carbons (Fsp3) is 0.143. The van der Waals surface area contributed by atoms with E-state index in [0.717, 1.165) is 4.90 Å². The Morgan fingerprint density at radius 1 is 1.05 bits per heavy atom. The minimum absolute atomic E-state index is 0.0123. The van der Waals surface area contributed by atoms with Gasteiger partial charge in [-0.25, -0.2) is 9.97 Å². The highest BCUT2D eigenvalue weighted by molar-refractivity contribution is 6.28. The van der Waals surface area contributed by atoms with Crippen molar-refractivity contribution >= 4 is 23.4 Å². The Bertz CT molecular complexity index is 713. The first-order valence-electron chi connectivity index (χ1n) is 6.18. The molecule has 0 fully saturated rings. The SMILES string of the molecule is O=C1c2ccccc2C(=O)N1Cc1cc(CO)nc(Cl)n1. The monoisotopic (exact) mass is 303 g/mol. The Labute approximate surface area is 125 Å². The van der Waals surface area contributed by atoms with Gasteiger partial charge in [-0.05, 0) is 29.8 Å². The van der Waals surface area contributed by atoms with E-state index in [1.807, 2.05) is 0 Å². The number of carbonyl (C=O) groups is 2. The topological polar surface area (TPSA) is 83.4 Å². The third kappa shape index (κ3) is 2.39. The van der Waals surface area contributed by atoms with Gasteiger partial charge in [-0.2, -0.15) is 0 Å². The number of carbonyl (C=O) groups excluding carboxylic acids is 2. The van der Waals surface area contributed by atoms with Crippen LogP contribution in [0.4, 0.5) is 0 Å². The number of aromatic nitrogens is 2. The van der Waals surface area contributed by atoms with Crippen LogP contribution in [-0.2, 0) is 13.2 Å². The van der Waals surface area contributed by atoms with Gasteiger partial charge in [0.1, 0.15) is 0 Å². The second-order valence-corrected chi connectivity index (χ2v) is 4.86. The highest BCUT2D eigenvalue weighted by Crippen LogP contribution is 2.24. The lowest BCUT2D eigenvalue weighted by Crippen LogP contribution is -2.29. The van der Waals surface area contributed by atoms with Crippen molar-refractivity contribution in [2.75, 3.05) is 0 Å². The number of amides is 2. The van der Waals surface area contributed by atoms with E-state index < -0.39 is 0 Å². The predicted molar refractivity (Wildman–Crippen MR) is 73.6 cm³/mol. The maximum atomic E-state index is 12.2. The average molecular weight is 304 g/mol. The fourth-order valence-corrected chi connectivity index (χ4v) is 2.44. The first-order chi connectivity index (χ1) is 10.1. The van der Waals surface area contributed by atoms with Gasteiger partial charge in [-0.1, -0.05) is 12.1 Å². The molecule has 0 unspecified atom stereocenters. The lowest BCUT2D eigenvalue weighted by atomic mass is 10.1. The van der Waals surface area contributed by atoms with Crippen LogP contribution in [0.2, 0.25) is 5.28 Å². The number of nitrogens with zero attached hydrogens (tertiary/aromatic N) is 3. The van der Waals surface area contributed by atoms with Crippen LogP contribution >= 0.6 is 11.6 Å². The summed E-state index contributed by atoms with van der Waals surface area (Å²) in [5, 5.41) is 9.06. The zero-order valence-corrected chi connectivity index (χ0v) is 11.5. The van der Waals surface area contributed by atoms with Crippen LogP contribution in [0.15, 0.2) is 30.3 Å². The van der Waals surface area contributed by atoms with E-state index in [0.29, 0.717) is 22.5 Å². The van der Waals surface area contributed by atoms with Crippen LogP contribution in [0, 0.1) is 0 Å². The van der Waals surface area contributed by atoms with Crippen molar-refractivity contribution in [3.8, 4) is 0 Å². The van der Waals surface area contributed by atoms with Crippen molar-refractivity contribution in [1.29, 1.82) is 0 Å². The van der Waals surface area contributed by atoms with E-state index in [4.69, 9.17) is 16.7 Å². The van der Waals surface area contributed by atoms with Crippen molar-refractivity contribution in [3.63, 3.8) is 0 Å². The van der Waals surface area contributed by atoms with Gasteiger partial charge in [0, 0.05) is 0 Å². The molecule has 6 nitrogen and oxygen atoms in total. The summed E-state index contributed by atoms with van der Waals surface area (Å²) < 4.78 is 0. The Kier molecular flexibility index (Phi) is 3.40. The first kappa shape index (κ1) is 13.7. The van der Waals surface area contributed by atoms with Gasteiger partial charge < -0.3 is 5.11 Å². The van der Waals surface area contributed by atoms with Crippen LogP contribution in [-0.4, -0.2) is 31.8 Å². The summed E-state index contributed by atoms with van der Waals surface area (Å²) >= 11 is 5.75. The molecular formula is C14H10ClN3O3. The van der Waals surface area contributed by atoms with E-state index in [-0.39, 0.29) is 30.2 Å². The van der Waals surface area contributed by atoms with E-state index in [1.54, 1.807) is 24.3 Å². The molecule has 1 N–H and O–H groups in total. The molecule has 0 saturated carbocycles. The highest BCUT2D eigenvalue weighted by Gasteiger charge is 2.35. The van der Waals surface area contributed by atoms with Crippen molar-refractivity contribution < 1.29 is 14.7 Å². The zero-order valence-electron chi connectivity index (χ0n) is 10.8. The van der Waals surface area contributed by atoms with Gasteiger partial charge in [0.2, 0.25) is 5.28 Å². The molecule has 0 radical (unpaired) electrons. The van der Waals surface area contributed by atoms with E-state index in [1.165, 1.54) is 6.07 Å². The molecule has 0 bridgehead atoms. The molecule has 0 spiro atoms. The molecule has 0 atom stereocenters. The lowest BCUT2D eigenvalue weighted by molar-refractivity contribution is 0.0640. The molecular weight excluding hydrogens is 294 g/mol. The minimum Gasteiger partial charge on any atom is -0.390 e. The third-order valence-corrected chi connectivity index (χ3v) is 3.33. The second kappa shape index (κ2) is 5.23. The maximum absolute atomic E-state index is 12.2. The van der Waals surface area contributed by atoms with Crippen molar-refractivity contribution in [3.05, 3.63) is 58.1 Å². The number of aliphatic hydroxyl groups excluding tert-OH is 1. The van der Waals surface area contributed by atoms with Gasteiger partial charge in [0.05, 0.1) is 35.7 Å². The maximum Gasteiger partial charge on any atom is 0.261 e. The van der Waals surface area contributed by atoms with Crippen LogP contribution in [0.25, 0.3) is 0 Å². The highest BCUT2D eigenvalue weighted by atomic mass is 35.5. The number of halogens is 1. The van der Waals surface area contributed by atoms with Crippen molar-refractivity contribution in [2.24, 2.45) is 0 Å². The Balaban J connectivity index is 1.92. The standard InChI is InChI=1S/C14H10ClN3O3/c15-14-16-8(5-9(7-19)17-14)6-18-12(20)10-3-1-2-4-11(10)13(18)21/h1-5,19H,6-7H2. The van der Waals surface area contributed by atoms with Crippen molar-refractivity contribution in [1.82, 2.24) is 14.9 Å². The molecule has 2 amide bonds. The number of hydrogen-bond donors (Lipinski definition) is 1. The number of rotatable bonds is 3. The fourth-order valence-electron chi connectivity index (χ4n) is 2.23. The molecule has 1 aromatic carbocycles. The van der Waals surface area contributed by atoms with E-state index in [9.17, 15) is 9.59 Å². The smallest absolute Gasteiger partial charge is 0.261 e. The number of hydrogen-bond acceptors (Lipinski definition) is 5. The summed E-state index contributed by atoms with van der Waals surface area (Å²) in [7, 11) is 0. The molecule has 106 valence electrons. The molecule has 0 aliphatic carbocycles. The molecule has 3 rings (SSSR count). The van der Waals surface area contributed by atoms with Gasteiger partial charge in [-0.15, -0.1) is 0 Å². The number of fused-ring (bicyclic) bond motifs is 1. The molecule has 0 saturated heterocycles. The van der Waals surface area contributed by atoms with Crippen LogP contribution in [0.5, 0.6) is 0 Å². The van der Waals surface area contributed by atoms with E-state index in [2.05, 4.69) is 9.97 Å². The van der Waals surface area contributed by atoms with Crippen LogP contribution < -0.4 is 0 Å². The van der Waals surface area contributed by atoms with Crippen molar-refractivity contribution in [2.45, 2.75) is 13.2 Å². The summed E-state index contributed by atoms with van der Waals surface area (Å²) in [5.41, 5.74) is 1.49. The lowest BCUT2D eigenvalue weighted by Gasteiger charge is -2.13. The number of benzene rings is 1. The average Bonchev–Trinajstić information content (AvgIpc) is 2.72. The normalized spacial score (nSPS) is 13.7. The van der Waals surface area contributed by atoms with Gasteiger partial charge >= 0.3 is 0 Å². The molecule has 7 heteroatoms. The van der Waals surface area contributed by atoms with Crippen LogP contribution in [0.3, 0.4) is 0 Å². The Morgan fingerprint density at radius 2 is 1.62 bits per heavy atom. The molecule has 1 aliphatic rings. The van der Waals surface area contributed by atoms with Gasteiger partial charge in [0.15, 0.2) is 0 Å². The van der Waals surface area contributed by atoms with Gasteiger partial charge in [0.25, 0.3) is 11.8 Å². The predicted octanol–water partition coefficient (Wildman–Crippen LogP) is 1.42. The second-order valence-electron chi connectivity index (χ2n) is 4.52. The summed E-state index contributed by atoms with van der Waals surface area (Å²) in [6.45, 7) is -0.307. The molecule has 1 aromatic heterocycles. The van der Waals surface area contributed by atoms with E-state index >= 15 is 0 Å². The summed E-state index contributed by atoms with van der Waals surface area (Å²) in [6.07, 6.45) is 0. The molecule has 1 aliphatic heterocycles. The minimum atomic E-state index is -0.365. The molecule has 21 heavy (non-hydrogen) atoms. The zero-order chi connectivity index (χ0) is 15.0. The quantitative estimate of drug-likeness (QED) is 0.685. The third-order valence-electron chi connectivity index (χ3n) is 3.17. The number of aliphatic hydroxyl groups is 1. The molecule has 2 heterocycles. The van der Waals surface area contributed by atoms with Gasteiger partial charge in [-0.3, -0.25) is 14.5 Å². The summed E-state index contributed by atoms with van der Waals surface area (Å²) in [4.78, 5) is 33.4. The summed E-state index contributed by atoms with van der Waals surface area (Å²) in [5.74, 6) is -0.730. The first-order valence-corrected chi connectivity index (χ1v) is 6.56. The Hall–Kier alpha value is -2.31. The molecule has 2 aromatic rings. The number of imide groups is 1. The summed E-state index contributed by atoms with van der Waals surface area (Å²) in [6, 6.07) is 8.15. The van der Waals surface area contributed by atoms with Crippen LogP contribution in [0.1, 0.15) is 32.1 Å².